The van der Waals surface area contributed by atoms with Crippen LogP contribution in [0.15, 0.2) is 30.3 Å². The predicted octanol–water partition coefficient (Wildman–Crippen LogP) is 2.66. The molecule has 1 N–H and O–H groups in total. The summed E-state index contributed by atoms with van der Waals surface area (Å²) in [6.07, 6.45) is 3.46. The van der Waals surface area contributed by atoms with E-state index in [4.69, 9.17) is 0 Å². The van der Waals surface area contributed by atoms with Crippen LogP contribution in [0.25, 0.3) is 0 Å². The number of hydrogen-bond donors (Lipinski definition) is 1. The molecule has 3 unspecified atom stereocenters. The average Bonchev–Trinajstić information content (AvgIpc) is 2.78. The average molecular weight is 304 g/mol. The van der Waals surface area contributed by atoms with Crippen molar-refractivity contribution in [3.05, 3.63) is 35.9 Å². The summed E-state index contributed by atoms with van der Waals surface area (Å²) in [7, 11) is 0. The summed E-state index contributed by atoms with van der Waals surface area (Å²) in [6.45, 7) is 4.09. The highest BCUT2D eigenvalue weighted by atomic mass is 32.2. The van der Waals surface area contributed by atoms with Gasteiger partial charge >= 0.3 is 0 Å². The molecule has 21 heavy (non-hydrogen) atoms. The maximum atomic E-state index is 12.8. The molecule has 2 aliphatic rings. The van der Waals surface area contributed by atoms with E-state index in [-0.39, 0.29) is 5.25 Å². The third-order valence-corrected chi connectivity index (χ3v) is 5.80. The fraction of sp³-hybridized carbons (Fsp3) is 0.588. The number of benzene rings is 1. The lowest BCUT2D eigenvalue weighted by molar-refractivity contribution is -0.132. The molecule has 2 bridgehead atoms. The van der Waals surface area contributed by atoms with Crippen LogP contribution in [0.5, 0.6) is 0 Å². The maximum Gasteiger partial charge on any atom is 0.235 e. The number of amides is 1. The number of carbonyl (C=O) groups excluding carboxylic acids is 1. The van der Waals surface area contributed by atoms with E-state index in [1.165, 1.54) is 18.4 Å². The molecule has 3 atom stereocenters. The zero-order chi connectivity index (χ0) is 14.7. The van der Waals surface area contributed by atoms with Gasteiger partial charge < -0.3 is 10.2 Å². The molecule has 1 aromatic rings. The molecular weight excluding hydrogens is 280 g/mol. The summed E-state index contributed by atoms with van der Waals surface area (Å²) in [5.41, 5.74) is 1.29. The van der Waals surface area contributed by atoms with E-state index in [2.05, 4.69) is 41.4 Å². The second-order valence-corrected chi connectivity index (χ2v) is 7.39. The van der Waals surface area contributed by atoms with E-state index in [0.717, 1.165) is 25.3 Å². The lowest BCUT2D eigenvalue weighted by Gasteiger charge is -2.30. The van der Waals surface area contributed by atoms with E-state index in [0.29, 0.717) is 18.0 Å². The van der Waals surface area contributed by atoms with E-state index in [1.807, 2.05) is 6.07 Å². The molecule has 1 aromatic carbocycles. The van der Waals surface area contributed by atoms with Gasteiger partial charge in [0.05, 0.1) is 5.25 Å². The van der Waals surface area contributed by atoms with Gasteiger partial charge in [-0.25, -0.2) is 0 Å². The number of nitrogens with one attached hydrogen (secondary N) is 1. The van der Waals surface area contributed by atoms with Gasteiger partial charge in [0.1, 0.15) is 0 Å². The normalized spacial score (nSPS) is 26.4. The maximum absolute atomic E-state index is 12.8. The lowest BCUT2D eigenvalue weighted by atomic mass is 10.1. The van der Waals surface area contributed by atoms with Crippen molar-refractivity contribution in [2.24, 2.45) is 0 Å². The van der Waals surface area contributed by atoms with Gasteiger partial charge in [-0.3, -0.25) is 4.79 Å². The molecule has 0 radical (unpaired) electrons. The second-order valence-electron chi connectivity index (χ2n) is 6.06. The Balaban J connectivity index is 1.59. The van der Waals surface area contributed by atoms with Crippen LogP contribution < -0.4 is 5.32 Å². The Labute approximate surface area is 131 Å². The van der Waals surface area contributed by atoms with Crippen LogP contribution in [0.1, 0.15) is 31.7 Å². The van der Waals surface area contributed by atoms with Gasteiger partial charge in [0.2, 0.25) is 5.91 Å². The van der Waals surface area contributed by atoms with Crippen LogP contribution in [-0.2, 0) is 10.5 Å². The molecule has 0 spiro atoms. The van der Waals surface area contributed by atoms with Crippen molar-refractivity contribution >= 4 is 17.7 Å². The molecule has 1 amide bonds. The van der Waals surface area contributed by atoms with Crippen molar-refractivity contribution in [3.63, 3.8) is 0 Å². The van der Waals surface area contributed by atoms with Gasteiger partial charge in [0, 0.05) is 24.4 Å². The lowest BCUT2D eigenvalue weighted by Crippen LogP contribution is -2.45. The molecule has 114 valence electrons. The van der Waals surface area contributed by atoms with Crippen LogP contribution in [0.2, 0.25) is 0 Å². The van der Waals surface area contributed by atoms with Crippen LogP contribution in [0.3, 0.4) is 0 Å². The largest absolute Gasteiger partial charge is 0.334 e. The van der Waals surface area contributed by atoms with Crippen molar-refractivity contribution in [1.82, 2.24) is 10.2 Å². The highest BCUT2D eigenvalue weighted by molar-refractivity contribution is 7.99. The summed E-state index contributed by atoms with van der Waals surface area (Å²) in [6, 6.07) is 11.3. The summed E-state index contributed by atoms with van der Waals surface area (Å²) in [5, 5.41) is 3.51. The molecule has 0 saturated carbocycles. The Morgan fingerprint density at radius 1 is 1.29 bits per heavy atom. The number of nitrogens with zero attached hydrogens (tertiary/aromatic N) is 1. The third kappa shape index (κ3) is 3.43. The van der Waals surface area contributed by atoms with Crippen LogP contribution in [0.4, 0.5) is 0 Å². The quantitative estimate of drug-likeness (QED) is 0.928. The Morgan fingerprint density at radius 2 is 2.05 bits per heavy atom. The summed E-state index contributed by atoms with van der Waals surface area (Å²) >= 11 is 1.76. The summed E-state index contributed by atoms with van der Waals surface area (Å²) in [5.74, 6) is 1.25. The highest BCUT2D eigenvalue weighted by Crippen LogP contribution is 2.31. The fourth-order valence-corrected chi connectivity index (χ4v) is 4.32. The monoisotopic (exact) mass is 304 g/mol. The van der Waals surface area contributed by atoms with Crippen molar-refractivity contribution in [1.29, 1.82) is 0 Å². The number of carbonyl (C=O) groups is 1. The molecule has 3 nitrogen and oxygen atoms in total. The first kappa shape index (κ1) is 14.9. The summed E-state index contributed by atoms with van der Waals surface area (Å²) in [4.78, 5) is 15.0. The number of thioether (sulfide) groups is 1. The van der Waals surface area contributed by atoms with Gasteiger partial charge in [-0.05, 0) is 38.3 Å². The first-order chi connectivity index (χ1) is 10.3. The summed E-state index contributed by atoms with van der Waals surface area (Å²) < 4.78 is 0. The van der Waals surface area contributed by atoms with E-state index < -0.39 is 0 Å². The van der Waals surface area contributed by atoms with Gasteiger partial charge in [0.15, 0.2) is 0 Å². The van der Waals surface area contributed by atoms with Crippen molar-refractivity contribution in [2.75, 3.05) is 13.1 Å². The zero-order valence-corrected chi connectivity index (χ0v) is 13.4. The van der Waals surface area contributed by atoms with E-state index >= 15 is 0 Å². The van der Waals surface area contributed by atoms with Gasteiger partial charge in [-0.2, -0.15) is 0 Å². The Bertz CT molecular complexity index is 465. The fourth-order valence-electron chi connectivity index (χ4n) is 3.42. The minimum Gasteiger partial charge on any atom is -0.334 e. The predicted molar refractivity (Wildman–Crippen MR) is 88.3 cm³/mol. The van der Waals surface area contributed by atoms with Crippen molar-refractivity contribution in [3.8, 4) is 0 Å². The Kier molecular flexibility index (Phi) is 4.86. The highest BCUT2D eigenvalue weighted by Gasteiger charge is 2.39. The number of fused-ring (bicyclic) bond motifs is 2. The van der Waals surface area contributed by atoms with Crippen LogP contribution >= 0.6 is 11.8 Å². The van der Waals surface area contributed by atoms with Crippen molar-refractivity contribution in [2.45, 2.75) is 49.3 Å². The van der Waals surface area contributed by atoms with Crippen LogP contribution in [-0.4, -0.2) is 41.2 Å². The SMILES string of the molecule is CC(SCc1ccccc1)C(=O)N1C2CCNCC1CC2. The zero-order valence-electron chi connectivity index (χ0n) is 12.6. The topological polar surface area (TPSA) is 32.3 Å². The standard InChI is InChI=1S/C17H24N2OS/c1-13(21-12-14-5-3-2-4-6-14)17(20)19-15-7-8-16(19)11-18-10-9-15/h2-6,13,15-16,18H,7-12H2,1H3. The minimum atomic E-state index is 0.0476. The molecule has 2 saturated heterocycles. The molecule has 2 fully saturated rings. The van der Waals surface area contributed by atoms with Gasteiger partial charge in [-0.1, -0.05) is 30.3 Å². The molecule has 3 rings (SSSR count). The second kappa shape index (κ2) is 6.84. The smallest absolute Gasteiger partial charge is 0.235 e. The van der Waals surface area contributed by atoms with E-state index in [1.54, 1.807) is 11.8 Å². The van der Waals surface area contributed by atoms with E-state index in [9.17, 15) is 4.79 Å². The molecule has 0 aliphatic carbocycles. The third-order valence-electron chi connectivity index (χ3n) is 4.60. The molecule has 2 heterocycles. The van der Waals surface area contributed by atoms with Gasteiger partial charge in [-0.15, -0.1) is 11.8 Å². The minimum absolute atomic E-state index is 0.0476. The first-order valence-electron chi connectivity index (χ1n) is 7.94. The Hall–Kier alpha value is -1.00. The van der Waals surface area contributed by atoms with Crippen LogP contribution in [0, 0.1) is 0 Å². The molecule has 4 heteroatoms. The number of rotatable bonds is 4. The van der Waals surface area contributed by atoms with Crippen molar-refractivity contribution < 1.29 is 4.79 Å². The molecule has 2 aliphatic heterocycles. The molecular formula is C17H24N2OS. The van der Waals surface area contributed by atoms with Gasteiger partial charge in [0.25, 0.3) is 0 Å². The Morgan fingerprint density at radius 3 is 2.86 bits per heavy atom. The first-order valence-corrected chi connectivity index (χ1v) is 8.99. The number of hydrogen-bond acceptors (Lipinski definition) is 3. The molecule has 0 aromatic heterocycles.